The number of rotatable bonds is 8. The van der Waals surface area contributed by atoms with Gasteiger partial charge in [-0.25, -0.2) is 0 Å². The van der Waals surface area contributed by atoms with E-state index in [0.29, 0.717) is 11.2 Å². The molecule has 0 fully saturated rings. The van der Waals surface area contributed by atoms with Crippen LogP contribution in [0, 0.1) is 13.8 Å². The molecule has 216 valence electrons. The predicted octanol–water partition coefficient (Wildman–Crippen LogP) is 7.86. The molecule has 5 rings (SSSR count). The summed E-state index contributed by atoms with van der Waals surface area (Å²) >= 11 is 0. The van der Waals surface area contributed by atoms with Crippen LogP contribution in [-0.4, -0.2) is 28.3 Å². The number of hydrogen-bond donors (Lipinski definition) is 1. The number of benzene rings is 4. The zero-order valence-electron chi connectivity index (χ0n) is 25.5. The Morgan fingerprint density at radius 3 is 2.14 bits per heavy atom. The SMILES string of the molecule is C=CN(C)/C(=C\C)C(O)(c1ccc(C)cc1)c1ccc2c(c1)c(-c1cccc(C)c1)c(-c1ccccc1)/c(=N/N=C)n2C. The zero-order valence-corrected chi connectivity index (χ0v) is 25.5. The highest BCUT2D eigenvalue weighted by Gasteiger charge is 2.38. The van der Waals surface area contributed by atoms with E-state index in [0.717, 1.165) is 55.4 Å². The molecule has 1 unspecified atom stereocenters. The fourth-order valence-electron chi connectivity index (χ4n) is 5.97. The van der Waals surface area contributed by atoms with Crippen molar-refractivity contribution in [3.63, 3.8) is 0 Å². The van der Waals surface area contributed by atoms with E-state index >= 15 is 0 Å². The molecule has 1 N–H and O–H groups in total. The normalized spacial score (nSPS) is 13.5. The van der Waals surface area contributed by atoms with Crippen LogP contribution in [0.5, 0.6) is 0 Å². The highest BCUT2D eigenvalue weighted by Crippen LogP contribution is 2.42. The number of aryl methyl sites for hydroxylation is 3. The predicted molar refractivity (Wildman–Crippen MR) is 180 cm³/mol. The number of allylic oxidation sites excluding steroid dienone is 1. The molecule has 5 aromatic rings. The molecule has 1 atom stereocenters. The third kappa shape index (κ3) is 5.24. The second-order valence-electron chi connectivity index (χ2n) is 10.9. The van der Waals surface area contributed by atoms with Crippen LogP contribution in [0.1, 0.15) is 29.2 Å². The summed E-state index contributed by atoms with van der Waals surface area (Å²) < 4.78 is 2.05. The van der Waals surface area contributed by atoms with E-state index in [9.17, 15) is 5.11 Å². The van der Waals surface area contributed by atoms with Crippen LogP contribution < -0.4 is 5.49 Å². The molecule has 0 spiro atoms. The van der Waals surface area contributed by atoms with Gasteiger partial charge in [0.1, 0.15) is 0 Å². The Balaban J connectivity index is 1.98. The first-order valence-corrected chi connectivity index (χ1v) is 14.4. The summed E-state index contributed by atoms with van der Waals surface area (Å²) in [6, 6.07) is 32.9. The van der Waals surface area contributed by atoms with Crippen molar-refractivity contribution < 1.29 is 5.11 Å². The summed E-state index contributed by atoms with van der Waals surface area (Å²) in [5.74, 6) is 0. The molecule has 0 bridgehead atoms. The van der Waals surface area contributed by atoms with Crippen LogP contribution in [0.3, 0.4) is 0 Å². The van der Waals surface area contributed by atoms with Crippen molar-refractivity contribution in [2.45, 2.75) is 26.4 Å². The highest BCUT2D eigenvalue weighted by atomic mass is 16.3. The second kappa shape index (κ2) is 12.1. The van der Waals surface area contributed by atoms with E-state index in [1.54, 1.807) is 6.20 Å². The molecule has 0 radical (unpaired) electrons. The maximum absolute atomic E-state index is 12.9. The van der Waals surface area contributed by atoms with E-state index in [4.69, 9.17) is 0 Å². The van der Waals surface area contributed by atoms with Gasteiger partial charge >= 0.3 is 0 Å². The molecular weight excluding hydrogens is 528 g/mol. The van der Waals surface area contributed by atoms with Gasteiger partial charge in [-0.3, -0.25) is 0 Å². The Kier molecular flexibility index (Phi) is 8.29. The van der Waals surface area contributed by atoms with Gasteiger partial charge in [-0.15, -0.1) is 5.10 Å². The highest BCUT2D eigenvalue weighted by molar-refractivity contribution is 6.03. The van der Waals surface area contributed by atoms with Gasteiger partial charge in [-0.1, -0.05) is 109 Å². The Hall–Kier alpha value is -5.00. The van der Waals surface area contributed by atoms with Gasteiger partial charge in [-0.05, 0) is 61.4 Å². The summed E-state index contributed by atoms with van der Waals surface area (Å²) in [6.07, 6.45) is 3.66. The van der Waals surface area contributed by atoms with Gasteiger partial charge in [0, 0.05) is 37.3 Å². The molecule has 0 amide bonds. The van der Waals surface area contributed by atoms with Gasteiger partial charge in [0.25, 0.3) is 0 Å². The lowest BCUT2D eigenvalue weighted by molar-refractivity contribution is 0.0969. The largest absolute Gasteiger partial charge is 0.375 e. The van der Waals surface area contributed by atoms with Gasteiger partial charge in [-0.2, -0.15) is 5.10 Å². The van der Waals surface area contributed by atoms with Crippen LogP contribution in [0.4, 0.5) is 0 Å². The van der Waals surface area contributed by atoms with Crippen molar-refractivity contribution in [2.24, 2.45) is 17.3 Å². The van der Waals surface area contributed by atoms with Gasteiger partial charge < -0.3 is 14.6 Å². The molecule has 0 saturated heterocycles. The van der Waals surface area contributed by atoms with Crippen molar-refractivity contribution in [2.75, 3.05) is 7.05 Å². The van der Waals surface area contributed by atoms with Crippen molar-refractivity contribution in [1.82, 2.24) is 9.47 Å². The molecule has 0 saturated carbocycles. The molecule has 5 nitrogen and oxygen atoms in total. The fourth-order valence-corrected chi connectivity index (χ4v) is 5.97. The van der Waals surface area contributed by atoms with Crippen molar-refractivity contribution >= 4 is 17.6 Å². The second-order valence-corrected chi connectivity index (χ2v) is 10.9. The lowest BCUT2D eigenvalue weighted by atomic mass is 9.81. The maximum atomic E-state index is 12.9. The van der Waals surface area contributed by atoms with E-state index in [1.807, 2.05) is 92.0 Å². The van der Waals surface area contributed by atoms with Crippen LogP contribution >= 0.6 is 0 Å². The van der Waals surface area contributed by atoms with Gasteiger partial charge in [0.15, 0.2) is 11.1 Å². The Morgan fingerprint density at radius 1 is 0.837 bits per heavy atom. The van der Waals surface area contributed by atoms with Crippen molar-refractivity contribution in [1.29, 1.82) is 0 Å². The van der Waals surface area contributed by atoms with Crippen molar-refractivity contribution in [3.05, 3.63) is 149 Å². The quantitative estimate of drug-likeness (QED) is 0.154. The smallest absolute Gasteiger partial charge is 0.163 e. The van der Waals surface area contributed by atoms with E-state index in [1.165, 1.54) is 0 Å². The molecule has 4 aromatic carbocycles. The first-order chi connectivity index (χ1) is 20.7. The molecule has 0 aliphatic heterocycles. The number of aromatic nitrogens is 1. The summed E-state index contributed by atoms with van der Waals surface area (Å²) in [5, 5.41) is 22.4. The molecule has 5 heteroatoms. The fraction of sp³-hybridized carbons (Fsp3) is 0.158. The minimum Gasteiger partial charge on any atom is -0.375 e. The third-order valence-electron chi connectivity index (χ3n) is 8.14. The zero-order chi connectivity index (χ0) is 30.7. The maximum Gasteiger partial charge on any atom is 0.163 e. The lowest BCUT2D eigenvalue weighted by Crippen LogP contribution is -2.36. The van der Waals surface area contributed by atoms with E-state index < -0.39 is 5.60 Å². The molecular formula is C38H38N4O. The Bertz CT molecular complexity index is 1920. The first-order valence-electron chi connectivity index (χ1n) is 14.4. The molecule has 0 aliphatic rings. The minimum absolute atomic E-state index is 0.701. The summed E-state index contributed by atoms with van der Waals surface area (Å²) in [5.41, 5.74) is 8.70. The van der Waals surface area contributed by atoms with Crippen molar-refractivity contribution in [3.8, 4) is 22.3 Å². The van der Waals surface area contributed by atoms with Crippen LogP contribution in [0.15, 0.2) is 132 Å². The molecule has 0 aliphatic carbocycles. The van der Waals surface area contributed by atoms with E-state index in [2.05, 4.69) is 79.0 Å². The number of hydrogen-bond acceptors (Lipinski definition) is 4. The summed E-state index contributed by atoms with van der Waals surface area (Å²) in [4.78, 5) is 1.87. The van der Waals surface area contributed by atoms with Gasteiger partial charge in [0.2, 0.25) is 0 Å². The Labute approximate surface area is 254 Å². The number of fused-ring (bicyclic) bond motifs is 1. The molecule has 1 heterocycles. The van der Waals surface area contributed by atoms with Crippen LogP contribution in [0.2, 0.25) is 0 Å². The third-order valence-corrected chi connectivity index (χ3v) is 8.14. The average molecular weight is 567 g/mol. The Morgan fingerprint density at radius 2 is 1.51 bits per heavy atom. The summed E-state index contributed by atoms with van der Waals surface area (Å²) in [7, 11) is 3.90. The molecule has 1 aromatic heterocycles. The minimum atomic E-state index is -1.46. The first kappa shape index (κ1) is 29.5. The lowest BCUT2D eigenvalue weighted by Gasteiger charge is -2.36. The number of pyridine rings is 1. The van der Waals surface area contributed by atoms with Gasteiger partial charge in [0.05, 0.1) is 11.2 Å². The topological polar surface area (TPSA) is 53.1 Å². The van der Waals surface area contributed by atoms with Crippen LogP contribution in [0.25, 0.3) is 33.2 Å². The number of nitrogens with zero attached hydrogens (tertiary/aromatic N) is 4. The number of aliphatic hydroxyl groups is 1. The summed E-state index contributed by atoms with van der Waals surface area (Å²) in [6.45, 7) is 13.8. The monoisotopic (exact) mass is 566 g/mol. The average Bonchev–Trinajstić information content (AvgIpc) is 3.02. The molecule has 43 heavy (non-hydrogen) atoms. The van der Waals surface area contributed by atoms with E-state index in [-0.39, 0.29) is 0 Å². The van der Waals surface area contributed by atoms with Crippen LogP contribution in [-0.2, 0) is 12.6 Å². The number of likely N-dealkylation sites (N-methyl/N-ethyl adjacent to an activating group) is 1. The standard InChI is InChI=1S/C38H38N4O/c1-8-34(41(6)9-2)38(43,30-20-18-26(3)19-21-30)31-22-23-33-32(25-31)35(29-17-13-14-27(4)24-29)36(28-15-11-10-12-16-28)37(40-39-5)42(33)7/h8-25,43H,2,5H2,1,3-4,6-7H3/b34-8-,40-37-.